The second-order valence-corrected chi connectivity index (χ2v) is 6.42. The molecule has 2 aliphatic rings. The lowest BCUT2D eigenvalue weighted by Crippen LogP contribution is -2.38. The zero-order valence-electron chi connectivity index (χ0n) is 12.7. The molecule has 2 aliphatic heterocycles. The SMILES string of the molecule is N#C[C@]12COc3cccc(F)c3[C@@H]1CN(Cc1ccccc1)C2. The second-order valence-electron chi connectivity index (χ2n) is 6.42. The third-order valence-electron chi connectivity index (χ3n) is 4.93. The summed E-state index contributed by atoms with van der Waals surface area (Å²) in [7, 11) is 0. The third-order valence-corrected chi connectivity index (χ3v) is 4.93. The van der Waals surface area contributed by atoms with Gasteiger partial charge < -0.3 is 4.74 Å². The molecule has 23 heavy (non-hydrogen) atoms. The van der Waals surface area contributed by atoms with Gasteiger partial charge in [-0.2, -0.15) is 5.26 Å². The summed E-state index contributed by atoms with van der Waals surface area (Å²) in [5, 5.41) is 9.77. The summed E-state index contributed by atoms with van der Waals surface area (Å²) >= 11 is 0. The minimum atomic E-state index is -0.663. The van der Waals surface area contributed by atoms with Crippen molar-refractivity contribution in [1.29, 1.82) is 5.26 Å². The van der Waals surface area contributed by atoms with Crippen molar-refractivity contribution in [1.82, 2.24) is 4.90 Å². The van der Waals surface area contributed by atoms with Crippen LogP contribution in [0.15, 0.2) is 48.5 Å². The van der Waals surface area contributed by atoms with Crippen LogP contribution >= 0.6 is 0 Å². The van der Waals surface area contributed by atoms with E-state index in [-0.39, 0.29) is 11.7 Å². The average molecular weight is 308 g/mol. The first-order valence-electron chi connectivity index (χ1n) is 7.81. The van der Waals surface area contributed by atoms with E-state index in [0.29, 0.717) is 31.0 Å². The molecule has 0 bridgehead atoms. The van der Waals surface area contributed by atoms with Crippen molar-refractivity contribution in [2.45, 2.75) is 12.5 Å². The van der Waals surface area contributed by atoms with Crippen molar-refractivity contribution < 1.29 is 9.13 Å². The van der Waals surface area contributed by atoms with Gasteiger partial charge in [-0.25, -0.2) is 4.39 Å². The number of fused-ring (bicyclic) bond motifs is 3. The van der Waals surface area contributed by atoms with E-state index >= 15 is 0 Å². The summed E-state index contributed by atoms with van der Waals surface area (Å²) in [4.78, 5) is 2.23. The number of likely N-dealkylation sites (tertiary alicyclic amines) is 1. The normalized spacial score (nSPS) is 26.0. The van der Waals surface area contributed by atoms with Gasteiger partial charge in [0, 0.05) is 31.1 Å². The maximum absolute atomic E-state index is 14.4. The Balaban J connectivity index is 1.67. The lowest BCUT2D eigenvalue weighted by Gasteiger charge is -2.34. The Labute approximate surface area is 134 Å². The van der Waals surface area contributed by atoms with E-state index < -0.39 is 5.41 Å². The number of nitrogens with zero attached hydrogens (tertiary/aromatic N) is 2. The molecule has 2 heterocycles. The molecule has 0 amide bonds. The van der Waals surface area contributed by atoms with Crippen LogP contribution in [-0.4, -0.2) is 24.6 Å². The summed E-state index contributed by atoms with van der Waals surface area (Å²) in [6.45, 7) is 2.39. The fourth-order valence-electron chi connectivity index (χ4n) is 3.82. The standard InChI is InChI=1S/C19H17FN2O/c20-16-7-4-8-17-18(16)15-10-22(9-14-5-2-1-3-6-14)12-19(15,11-21)13-23-17/h1-8,15H,9-10,12-13H2/t15-,19-/m0/s1. The predicted molar refractivity (Wildman–Crippen MR) is 84.4 cm³/mol. The number of nitriles is 1. The molecule has 0 aromatic heterocycles. The number of rotatable bonds is 2. The van der Waals surface area contributed by atoms with Crippen LogP contribution in [0, 0.1) is 22.6 Å². The van der Waals surface area contributed by atoms with Gasteiger partial charge in [0.25, 0.3) is 0 Å². The maximum Gasteiger partial charge on any atom is 0.130 e. The molecule has 0 saturated carbocycles. The molecule has 1 saturated heterocycles. The van der Waals surface area contributed by atoms with Gasteiger partial charge in [0.2, 0.25) is 0 Å². The monoisotopic (exact) mass is 308 g/mol. The zero-order chi connectivity index (χ0) is 15.9. The van der Waals surface area contributed by atoms with Gasteiger partial charge in [-0.3, -0.25) is 4.90 Å². The van der Waals surface area contributed by atoms with Crippen molar-refractivity contribution >= 4 is 0 Å². The lowest BCUT2D eigenvalue weighted by atomic mass is 9.74. The fraction of sp³-hybridized carbons (Fsp3) is 0.316. The number of benzene rings is 2. The van der Waals surface area contributed by atoms with Crippen molar-refractivity contribution in [3.8, 4) is 11.8 Å². The van der Waals surface area contributed by atoms with Crippen molar-refractivity contribution in [2.75, 3.05) is 19.7 Å². The van der Waals surface area contributed by atoms with E-state index in [4.69, 9.17) is 4.74 Å². The van der Waals surface area contributed by atoms with E-state index in [9.17, 15) is 9.65 Å². The zero-order valence-corrected chi connectivity index (χ0v) is 12.7. The van der Waals surface area contributed by atoms with E-state index in [0.717, 1.165) is 6.54 Å². The molecule has 2 atom stereocenters. The van der Waals surface area contributed by atoms with Gasteiger partial charge in [-0.15, -0.1) is 0 Å². The highest BCUT2D eigenvalue weighted by atomic mass is 19.1. The van der Waals surface area contributed by atoms with E-state index in [2.05, 4.69) is 23.1 Å². The van der Waals surface area contributed by atoms with Crippen molar-refractivity contribution in [3.63, 3.8) is 0 Å². The first-order valence-corrected chi connectivity index (χ1v) is 7.81. The highest BCUT2D eigenvalue weighted by Gasteiger charge is 2.52. The Kier molecular flexibility index (Phi) is 3.32. The minimum absolute atomic E-state index is 0.138. The Morgan fingerprint density at radius 3 is 2.83 bits per heavy atom. The maximum atomic E-state index is 14.4. The summed E-state index contributed by atoms with van der Waals surface area (Å²) in [6.07, 6.45) is 0. The van der Waals surface area contributed by atoms with E-state index in [1.807, 2.05) is 18.2 Å². The number of hydrogen-bond donors (Lipinski definition) is 0. The van der Waals surface area contributed by atoms with Crippen LogP contribution in [0.1, 0.15) is 17.0 Å². The number of ether oxygens (including phenoxy) is 1. The molecular formula is C19H17FN2O. The van der Waals surface area contributed by atoms with Crippen LogP contribution in [0.25, 0.3) is 0 Å². The molecular weight excluding hydrogens is 291 g/mol. The topological polar surface area (TPSA) is 36.3 Å². The van der Waals surface area contributed by atoms with Gasteiger partial charge in [-0.05, 0) is 17.7 Å². The third kappa shape index (κ3) is 2.29. The van der Waals surface area contributed by atoms with E-state index in [1.54, 1.807) is 12.1 Å². The molecule has 4 rings (SSSR count). The summed E-state index contributed by atoms with van der Waals surface area (Å²) in [5.74, 6) is 0.178. The molecule has 0 N–H and O–H groups in total. The molecule has 0 unspecified atom stereocenters. The predicted octanol–water partition coefficient (Wildman–Crippen LogP) is 3.33. The van der Waals surface area contributed by atoms with Gasteiger partial charge in [0.05, 0.1) is 6.07 Å². The Morgan fingerprint density at radius 2 is 2.04 bits per heavy atom. The first-order chi connectivity index (χ1) is 11.2. The van der Waals surface area contributed by atoms with Crippen LogP contribution in [0.3, 0.4) is 0 Å². The summed E-state index contributed by atoms with van der Waals surface area (Å²) in [5.41, 5.74) is 1.11. The van der Waals surface area contributed by atoms with Gasteiger partial charge in [0.1, 0.15) is 23.6 Å². The van der Waals surface area contributed by atoms with Gasteiger partial charge >= 0.3 is 0 Å². The molecule has 0 spiro atoms. The molecule has 2 aromatic carbocycles. The molecule has 4 heteroatoms. The highest BCUT2D eigenvalue weighted by Crippen LogP contribution is 2.50. The van der Waals surface area contributed by atoms with Crippen LogP contribution in [0.5, 0.6) is 5.75 Å². The smallest absolute Gasteiger partial charge is 0.130 e. The summed E-state index contributed by atoms with van der Waals surface area (Å²) in [6, 6.07) is 17.5. The highest BCUT2D eigenvalue weighted by molar-refractivity contribution is 5.44. The van der Waals surface area contributed by atoms with Crippen molar-refractivity contribution in [2.24, 2.45) is 5.41 Å². The molecule has 0 radical (unpaired) electrons. The van der Waals surface area contributed by atoms with Gasteiger partial charge in [0.15, 0.2) is 0 Å². The molecule has 116 valence electrons. The first kappa shape index (κ1) is 14.2. The quantitative estimate of drug-likeness (QED) is 0.854. The minimum Gasteiger partial charge on any atom is -0.491 e. The lowest BCUT2D eigenvalue weighted by molar-refractivity contribution is 0.157. The molecule has 1 fully saturated rings. The fourth-order valence-corrected chi connectivity index (χ4v) is 3.82. The van der Waals surface area contributed by atoms with E-state index in [1.165, 1.54) is 11.6 Å². The van der Waals surface area contributed by atoms with Crippen LogP contribution in [0.2, 0.25) is 0 Å². The van der Waals surface area contributed by atoms with Crippen molar-refractivity contribution in [3.05, 3.63) is 65.5 Å². The van der Waals surface area contributed by atoms with Crippen LogP contribution in [-0.2, 0) is 6.54 Å². The molecule has 2 aromatic rings. The number of halogens is 1. The molecule has 3 nitrogen and oxygen atoms in total. The average Bonchev–Trinajstić information content (AvgIpc) is 2.94. The van der Waals surface area contributed by atoms with Crippen LogP contribution in [0.4, 0.5) is 4.39 Å². The molecule has 0 aliphatic carbocycles. The summed E-state index contributed by atoms with van der Waals surface area (Å²) < 4.78 is 20.1. The number of hydrogen-bond acceptors (Lipinski definition) is 3. The largest absolute Gasteiger partial charge is 0.491 e. The Hall–Kier alpha value is -2.38. The Morgan fingerprint density at radius 1 is 1.22 bits per heavy atom. The second kappa shape index (κ2) is 5.36. The van der Waals surface area contributed by atoms with Gasteiger partial charge in [-0.1, -0.05) is 36.4 Å². The van der Waals surface area contributed by atoms with Crippen LogP contribution < -0.4 is 4.74 Å². The Bertz CT molecular complexity index is 771.